The molecule has 1 aliphatic rings. The lowest BCUT2D eigenvalue weighted by molar-refractivity contribution is 0.0694. The summed E-state index contributed by atoms with van der Waals surface area (Å²) in [6.07, 6.45) is 1.27. The van der Waals surface area contributed by atoms with E-state index in [2.05, 4.69) is 4.98 Å². The number of aromatic nitrogens is 2. The summed E-state index contributed by atoms with van der Waals surface area (Å²) in [7, 11) is 0. The molecule has 8 heteroatoms. The molecule has 134 valence electrons. The van der Waals surface area contributed by atoms with Crippen molar-refractivity contribution in [1.82, 2.24) is 9.55 Å². The van der Waals surface area contributed by atoms with Gasteiger partial charge in [-0.3, -0.25) is 4.79 Å². The Morgan fingerprint density at radius 1 is 1.40 bits per heavy atom. The predicted octanol–water partition coefficient (Wildman–Crippen LogP) is 1.53. The summed E-state index contributed by atoms with van der Waals surface area (Å²) in [6, 6.07) is 1.07. The molecule has 1 aliphatic heterocycles. The molecule has 3 rings (SSSR count). The third-order valence-corrected chi connectivity index (χ3v) is 4.27. The number of carboxylic acids is 1. The van der Waals surface area contributed by atoms with E-state index < -0.39 is 33.9 Å². The van der Waals surface area contributed by atoms with Crippen molar-refractivity contribution in [2.24, 2.45) is 5.73 Å². The normalized spacial score (nSPS) is 16.8. The number of nitrogens with two attached hydrogens (primary N) is 1. The molecular weight excluding hydrogens is 327 g/mol. The minimum atomic E-state index is -1.35. The Morgan fingerprint density at radius 3 is 2.48 bits per heavy atom. The van der Waals surface area contributed by atoms with E-state index in [0.717, 1.165) is 6.07 Å². The van der Waals surface area contributed by atoms with E-state index in [9.17, 15) is 19.1 Å². The number of rotatable bonds is 2. The van der Waals surface area contributed by atoms with Crippen LogP contribution in [0.25, 0.3) is 11.0 Å². The molecule has 1 fully saturated rings. The number of hydrogen-bond donors (Lipinski definition) is 2. The van der Waals surface area contributed by atoms with Gasteiger partial charge in [-0.15, -0.1) is 0 Å². The first-order valence-electron chi connectivity index (χ1n) is 7.94. The van der Waals surface area contributed by atoms with Crippen LogP contribution in [-0.4, -0.2) is 39.3 Å². The van der Waals surface area contributed by atoms with Gasteiger partial charge in [0.2, 0.25) is 5.43 Å². The number of hydrogen-bond acceptors (Lipinski definition) is 5. The van der Waals surface area contributed by atoms with E-state index in [1.165, 1.54) is 6.20 Å². The first kappa shape index (κ1) is 17.3. The molecule has 0 aliphatic carbocycles. The fraction of sp³-hybridized carbons (Fsp3) is 0.471. The monoisotopic (exact) mass is 348 g/mol. The quantitative estimate of drug-likeness (QED) is 0.853. The minimum absolute atomic E-state index is 0.0490. The van der Waals surface area contributed by atoms with Crippen LogP contribution in [0.5, 0.6) is 0 Å². The van der Waals surface area contributed by atoms with Gasteiger partial charge in [0.05, 0.1) is 5.39 Å². The molecule has 0 aromatic carbocycles. The van der Waals surface area contributed by atoms with Crippen molar-refractivity contribution >= 4 is 22.8 Å². The summed E-state index contributed by atoms with van der Waals surface area (Å²) in [5, 5.41) is 9.23. The second-order valence-corrected chi connectivity index (χ2v) is 7.89. The molecule has 3 N–H and O–H groups in total. The zero-order chi connectivity index (χ0) is 18.7. The molecule has 0 amide bonds. The van der Waals surface area contributed by atoms with Crippen LogP contribution < -0.4 is 16.1 Å². The molecule has 0 unspecified atom stereocenters. The summed E-state index contributed by atoms with van der Waals surface area (Å²) in [5.74, 6) is -1.89. The van der Waals surface area contributed by atoms with Crippen LogP contribution in [0.3, 0.4) is 0 Å². The summed E-state index contributed by atoms with van der Waals surface area (Å²) in [5.41, 5.74) is 4.13. The molecule has 25 heavy (non-hydrogen) atoms. The van der Waals surface area contributed by atoms with E-state index in [1.54, 1.807) is 9.47 Å². The number of pyridine rings is 2. The number of aromatic carboxylic acids is 1. The maximum Gasteiger partial charge on any atom is 0.341 e. The van der Waals surface area contributed by atoms with Crippen LogP contribution in [0.2, 0.25) is 0 Å². The average Bonchev–Trinajstić information content (AvgIpc) is 2.43. The molecular formula is C17H21FN4O3. The Balaban J connectivity index is 2.30. The Bertz CT molecular complexity index is 936. The SMILES string of the molecule is CC1(N)CN(c2nc3c(cc2F)c(=O)c(C(=O)O)cn3C(C)(C)C)C1. The van der Waals surface area contributed by atoms with Crippen molar-refractivity contribution in [3.8, 4) is 0 Å². The Labute approximate surface area is 143 Å². The highest BCUT2D eigenvalue weighted by Gasteiger charge is 2.37. The van der Waals surface area contributed by atoms with Crippen molar-refractivity contribution in [2.45, 2.75) is 38.8 Å². The van der Waals surface area contributed by atoms with Gasteiger partial charge in [-0.2, -0.15) is 0 Å². The minimum Gasteiger partial charge on any atom is -0.477 e. The van der Waals surface area contributed by atoms with Gasteiger partial charge in [0, 0.05) is 30.4 Å². The maximum absolute atomic E-state index is 14.5. The van der Waals surface area contributed by atoms with Crippen molar-refractivity contribution < 1.29 is 14.3 Å². The van der Waals surface area contributed by atoms with Gasteiger partial charge in [-0.25, -0.2) is 14.2 Å². The topological polar surface area (TPSA) is 101 Å². The zero-order valence-corrected chi connectivity index (χ0v) is 14.6. The fourth-order valence-corrected chi connectivity index (χ4v) is 3.08. The highest BCUT2D eigenvalue weighted by molar-refractivity contribution is 5.92. The van der Waals surface area contributed by atoms with Crippen LogP contribution in [0.15, 0.2) is 17.1 Å². The number of nitrogens with zero attached hydrogens (tertiary/aromatic N) is 3. The lowest BCUT2D eigenvalue weighted by Gasteiger charge is -2.46. The van der Waals surface area contributed by atoms with Crippen LogP contribution >= 0.6 is 0 Å². The second-order valence-electron chi connectivity index (χ2n) is 7.89. The second kappa shape index (κ2) is 5.26. The van der Waals surface area contributed by atoms with Gasteiger partial charge in [-0.05, 0) is 33.8 Å². The Morgan fingerprint density at radius 2 is 2.00 bits per heavy atom. The van der Waals surface area contributed by atoms with Crippen LogP contribution in [0.1, 0.15) is 38.1 Å². The molecule has 1 saturated heterocycles. The van der Waals surface area contributed by atoms with Gasteiger partial charge >= 0.3 is 5.97 Å². The molecule has 0 saturated carbocycles. The first-order chi connectivity index (χ1) is 11.4. The van der Waals surface area contributed by atoms with Crippen LogP contribution in [-0.2, 0) is 5.54 Å². The third kappa shape index (κ3) is 2.86. The maximum atomic E-state index is 14.5. The van der Waals surface area contributed by atoms with E-state index in [0.29, 0.717) is 13.1 Å². The number of anilines is 1. The van der Waals surface area contributed by atoms with E-state index >= 15 is 0 Å². The molecule has 7 nitrogen and oxygen atoms in total. The standard InChI is InChI=1S/C17H21FN4O3/c1-16(2,3)22-6-10(15(24)25)12(23)9-5-11(18)14(20-13(9)22)21-7-17(4,19)8-21/h5-6H,7-8,19H2,1-4H3,(H,24,25). The lowest BCUT2D eigenvalue weighted by atomic mass is 9.94. The summed E-state index contributed by atoms with van der Waals surface area (Å²) in [4.78, 5) is 29.9. The molecule has 0 spiro atoms. The summed E-state index contributed by atoms with van der Waals surface area (Å²) in [6.45, 7) is 8.34. The van der Waals surface area contributed by atoms with Gasteiger partial charge in [0.25, 0.3) is 0 Å². The van der Waals surface area contributed by atoms with E-state index in [1.807, 2.05) is 27.7 Å². The first-order valence-corrected chi connectivity index (χ1v) is 7.94. The molecule has 2 aromatic rings. The zero-order valence-electron chi connectivity index (χ0n) is 14.6. The van der Waals surface area contributed by atoms with E-state index in [4.69, 9.17) is 5.73 Å². The lowest BCUT2D eigenvalue weighted by Crippen LogP contribution is -2.66. The van der Waals surface area contributed by atoms with Gasteiger partial charge in [0.15, 0.2) is 11.6 Å². The van der Waals surface area contributed by atoms with Crippen molar-refractivity contribution in [2.75, 3.05) is 18.0 Å². The number of carboxylic acid groups (broad SMARTS) is 1. The van der Waals surface area contributed by atoms with Crippen LogP contribution in [0.4, 0.5) is 10.2 Å². The third-order valence-electron chi connectivity index (χ3n) is 4.27. The predicted molar refractivity (Wildman–Crippen MR) is 92.7 cm³/mol. The average molecular weight is 348 g/mol. The molecule has 0 atom stereocenters. The number of fused-ring (bicyclic) bond motifs is 1. The molecule has 0 radical (unpaired) electrons. The highest BCUT2D eigenvalue weighted by Crippen LogP contribution is 2.29. The Kier molecular flexibility index (Phi) is 3.65. The van der Waals surface area contributed by atoms with Crippen LogP contribution in [0, 0.1) is 5.82 Å². The number of halogens is 1. The molecule has 2 aromatic heterocycles. The van der Waals surface area contributed by atoms with E-state index in [-0.39, 0.29) is 16.9 Å². The van der Waals surface area contributed by atoms with Crippen molar-refractivity contribution in [3.63, 3.8) is 0 Å². The van der Waals surface area contributed by atoms with Gasteiger partial charge < -0.3 is 20.3 Å². The smallest absolute Gasteiger partial charge is 0.341 e. The molecule has 3 heterocycles. The van der Waals surface area contributed by atoms with Gasteiger partial charge in [-0.1, -0.05) is 0 Å². The Hall–Kier alpha value is -2.48. The van der Waals surface area contributed by atoms with Crippen molar-refractivity contribution in [1.29, 1.82) is 0 Å². The number of carbonyl (C=O) groups is 1. The van der Waals surface area contributed by atoms with Crippen molar-refractivity contribution in [3.05, 3.63) is 33.9 Å². The summed E-state index contributed by atoms with van der Waals surface area (Å²) >= 11 is 0. The molecule has 0 bridgehead atoms. The summed E-state index contributed by atoms with van der Waals surface area (Å²) < 4.78 is 16.1. The van der Waals surface area contributed by atoms with Gasteiger partial charge in [0.1, 0.15) is 11.2 Å². The fourth-order valence-electron chi connectivity index (χ4n) is 3.08. The highest BCUT2D eigenvalue weighted by atomic mass is 19.1. The largest absolute Gasteiger partial charge is 0.477 e.